The van der Waals surface area contributed by atoms with Gasteiger partial charge in [0.2, 0.25) is 0 Å². The number of ketones is 1. The smallest absolute Gasteiger partial charge is 0.156 e. The van der Waals surface area contributed by atoms with Crippen LogP contribution in [-0.2, 0) is 4.79 Å². The maximum atomic E-state index is 12.2. The SMILES string of the molecule is CC#C[C@H]1CC[C@H]2[C@H]3C(=C4CCC(=O)C=C4CC3O)[C@@H](c3ccc(NC)cc3)C[C@]12C. The van der Waals surface area contributed by atoms with Crippen LogP contribution in [0.25, 0.3) is 0 Å². The third-order valence-corrected chi connectivity index (χ3v) is 8.68. The van der Waals surface area contributed by atoms with Crippen LogP contribution < -0.4 is 5.32 Å². The molecule has 162 valence electrons. The Labute approximate surface area is 186 Å². The van der Waals surface area contributed by atoms with E-state index in [0.29, 0.717) is 24.7 Å². The van der Waals surface area contributed by atoms with Crippen molar-refractivity contribution in [3.05, 3.63) is 52.6 Å². The number of aliphatic hydroxyl groups excluding tert-OH is 1. The minimum Gasteiger partial charge on any atom is -0.392 e. The van der Waals surface area contributed by atoms with Gasteiger partial charge in [-0.1, -0.05) is 30.6 Å². The second-order valence-corrected chi connectivity index (χ2v) is 10.1. The Morgan fingerprint density at radius 2 is 1.94 bits per heavy atom. The first-order valence-corrected chi connectivity index (χ1v) is 11.8. The Morgan fingerprint density at radius 1 is 1.16 bits per heavy atom. The van der Waals surface area contributed by atoms with E-state index < -0.39 is 6.10 Å². The molecule has 0 heterocycles. The van der Waals surface area contributed by atoms with Crippen LogP contribution in [-0.4, -0.2) is 24.0 Å². The van der Waals surface area contributed by atoms with Crippen LogP contribution in [0.4, 0.5) is 5.69 Å². The molecule has 5 rings (SSSR count). The molecule has 0 bridgehead atoms. The summed E-state index contributed by atoms with van der Waals surface area (Å²) < 4.78 is 0. The molecule has 2 saturated carbocycles. The zero-order chi connectivity index (χ0) is 21.8. The maximum absolute atomic E-state index is 12.2. The number of hydrogen-bond acceptors (Lipinski definition) is 3. The average Bonchev–Trinajstić information content (AvgIpc) is 3.09. The van der Waals surface area contributed by atoms with Crippen LogP contribution in [0.2, 0.25) is 0 Å². The van der Waals surface area contributed by atoms with E-state index >= 15 is 0 Å². The number of nitrogens with one attached hydrogen (secondary N) is 1. The summed E-state index contributed by atoms with van der Waals surface area (Å²) in [6, 6.07) is 8.81. The Bertz CT molecular complexity index is 1020. The first kappa shape index (κ1) is 20.6. The molecule has 0 amide bonds. The molecule has 0 saturated heterocycles. The van der Waals surface area contributed by atoms with E-state index in [1.807, 2.05) is 20.0 Å². The van der Waals surface area contributed by atoms with Crippen molar-refractivity contribution < 1.29 is 9.90 Å². The maximum Gasteiger partial charge on any atom is 0.156 e. The van der Waals surface area contributed by atoms with Crippen molar-refractivity contribution in [2.45, 2.75) is 64.4 Å². The number of rotatable bonds is 2. The molecule has 0 aliphatic heterocycles. The lowest BCUT2D eigenvalue weighted by Crippen LogP contribution is -2.48. The van der Waals surface area contributed by atoms with E-state index in [1.165, 1.54) is 16.7 Å². The molecular formula is C28H33NO2. The van der Waals surface area contributed by atoms with E-state index in [1.54, 1.807) is 0 Å². The lowest BCUT2D eigenvalue weighted by molar-refractivity contribution is -0.114. The molecule has 0 radical (unpaired) electrons. The Hall–Kier alpha value is -2.31. The van der Waals surface area contributed by atoms with Crippen LogP contribution >= 0.6 is 0 Å². The molecular weight excluding hydrogens is 382 g/mol. The summed E-state index contributed by atoms with van der Waals surface area (Å²) >= 11 is 0. The van der Waals surface area contributed by atoms with Crippen LogP contribution in [0.3, 0.4) is 0 Å². The number of fused-ring (bicyclic) bond motifs is 4. The van der Waals surface area contributed by atoms with E-state index in [9.17, 15) is 9.90 Å². The van der Waals surface area contributed by atoms with Gasteiger partial charge in [-0.15, -0.1) is 5.92 Å². The third-order valence-electron chi connectivity index (χ3n) is 8.68. The quantitative estimate of drug-likeness (QED) is 0.650. The predicted octanol–water partition coefficient (Wildman–Crippen LogP) is 5.24. The lowest BCUT2D eigenvalue weighted by atomic mass is 9.51. The number of hydrogen-bond donors (Lipinski definition) is 2. The van der Waals surface area contributed by atoms with Crippen molar-refractivity contribution >= 4 is 11.5 Å². The highest BCUT2D eigenvalue weighted by Crippen LogP contribution is 2.65. The number of carbonyl (C=O) groups excluding carboxylic acids is 1. The van der Waals surface area contributed by atoms with Crippen LogP contribution in [0, 0.1) is 35.0 Å². The van der Waals surface area contributed by atoms with Gasteiger partial charge in [0.25, 0.3) is 0 Å². The molecule has 4 aliphatic carbocycles. The molecule has 3 nitrogen and oxygen atoms in total. The minimum absolute atomic E-state index is 0.108. The van der Waals surface area contributed by atoms with Gasteiger partial charge in [0.1, 0.15) is 0 Å². The van der Waals surface area contributed by atoms with Gasteiger partial charge in [-0.25, -0.2) is 0 Å². The largest absolute Gasteiger partial charge is 0.392 e. The van der Waals surface area contributed by atoms with Gasteiger partial charge in [0, 0.05) is 36.9 Å². The summed E-state index contributed by atoms with van der Waals surface area (Å²) in [5.41, 5.74) is 6.45. The van der Waals surface area contributed by atoms with Crippen molar-refractivity contribution in [3.8, 4) is 11.8 Å². The van der Waals surface area contributed by atoms with Gasteiger partial charge in [0.05, 0.1) is 6.10 Å². The van der Waals surface area contributed by atoms with E-state index in [0.717, 1.165) is 36.9 Å². The summed E-state index contributed by atoms with van der Waals surface area (Å²) in [6.45, 7) is 4.38. The Morgan fingerprint density at radius 3 is 2.65 bits per heavy atom. The van der Waals surface area contributed by atoms with Crippen molar-refractivity contribution in [1.82, 2.24) is 0 Å². The van der Waals surface area contributed by atoms with Crippen LogP contribution in [0.5, 0.6) is 0 Å². The number of carbonyl (C=O) groups is 1. The normalized spacial score (nSPS) is 36.6. The number of aliphatic hydroxyl groups is 1. The lowest BCUT2D eigenvalue weighted by Gasteiger charge is -2.53. The number of allylic oxidation sites excluding steroid dienone is 2. The Kier molecular flexibility index (Phi) is 5.10. The topological polar surface area (TPSA) is 49.3 Å². The zero-order valence-electron chi connectivity index (χ0n) is 18.9. The molecule has 1 unspecified atom stereocenters. The van der Waals surface area contributed by atoms with Gasteiger partial charge in [-0.3, -0.25) is 4.79 Å². The van der Waals surface area contributed by atoms with Crippen LogP contribution in [0.1, 0.15) is 63.9 Å². The molecule has 4 aliphatic rings. The molecule has 31 heavy (non-hydrogen) atoms. The highest BCUT2D eigenvalue weighted by Gasteiger charge is 2.58. The van der Waals surface area contributed by atoms with E-state index in [4.69, 9.17) is 0 Å². The second-order valence-electron chi connectivity index (χ2n) is 10.1. The predicted molar refractivity (Wildman–Crippen MR) is 125 cm³/mol. The first-order valence-electron chi connectivity index (χ1n) is 11.8. The fraction of sp³-hybridized carbons (Fsp3) is 0.536. The van der Waals surface area contributed by atoms with Crippen molar-refractivity contribution in [1.29, 1.82) is 0 Å². The van der Waals surface area contributed by atoms with Crippen molar-refractivity contribution in [3.63, 3.8) is 0 Å². The molecule has 1 aromatic carbocycles. The standard InChI is InChI=1S/C28H33NO2/c1-4-5-19-8-13-24-27-25(31)15-18-14-21(30)11-12-22(18)26(27)23(16-28(19,24)2)17-6-9-20(29-3)10-7-17/h6-7,9-10,14,19,23-25,27,29,31H,8,11-13,15-16H2,1-3H3/t19-,23+,24-,25?,27+,28+/m0/s1. The van der Waals surface area contributed by atoms with Gasteiger partial charge in [-0.2, -0.15) is 0 Å². The summed E-state index contributed by atoms with van der Waals surface area (Å²) in [7, 11) is 1.95. The monoisotopic (exact) mass is 415 g/mol. The fourth-order valence-corrected chi connectivity index (χ4v) is 7.25. The molecule has 0 spiro atoms. The van der Waals surface area contributed by atoms with Gasteiger partial charge < -0.3 is 10.4 Å². The van der Waals surface area contributed by atoms with E-state index in [-0.39, 0.29) is 23.0 Å². The van der Waals surface area contributed by atoms with E-state index in [2.05, 4.69) is 48.3 Å². The summed E-state index contributed by atoms with van der Waals surface area (Å²) in [5, 5.41) is 14.6. The summed E-state index contributed by atoms with van der Waals surface area (Å²) in [4.78, 5) is 12.2. The highest BCUT2D eigenvalue weighted by molar-refractivity contribution is 5.93. The second kappa shape index (κ2) is 7.68. The zero-order valence-corrected chi connectivity index (χ0v) is 18.9. The summed E-state index contributed by atoms with van der Waals surface area (Å²) in [6.07, 6.45) is 6.79. The minimum atomic E-state index is -0.409. The molecule has 3 heteroatoms. The van der Waals surface area contributed by atoms with Crippen molar-refractivity contribution in [2.24, 2.45) is 23.2 Å². The van der Waals surface area contributed by atoms with Gasteiger partial charge >= 0.3 is 0 Å². The van der Waals surface area contributed by atoms with Crippen molar-refractivity contribution in [2.75, 3.05) is 12.4 Å². The summed E-state index contributed by atoms with van der Waals surface area (Å²) in [5.74, 6) is 8.24. The van der Waals surface area contributed by atoms with Crippen LogP contribution in [0.15, 0.2) is 47.1 Å². The Balaban J connectivity index is 1.69. The highest BCUT2D eigenvalue weighted by atomic mass is 16.3. The molecule has 2 fully saturated rings. The third kappa shape index (κ3) is 3.19. The average molecular weight is 416 g/mol. The number of anilines is 1. The van der Waals surface area contributed by atoms with Gasteiger partial charge in [-0.05, 0) is 85.3 Å². The van der Waals surface area contributed by atoms with Gasteiger partial charge in [0.15, 0.2) is 5.78 Å². The molecule has 2 N–H and O–H groups in total. The molecule has 6 atom stereocenters. The number of benzene rings is 1. The fourth-order valence-electron chi connectivity index (χ4n) is 7.25. The molecule has 1 aromatic rings. The first-order chi connectivity index (χ1) is 15.0. The molecule has 0 aromatic heterocycles.